The Morgan fingerprint density at radius 2 is 1.92 bits per heavy atom. The van der Waals surface area contributed by atoms with Gasteiger partial charge in [0.1, 0.15) is 11.5 Å². The summed E-state index contributed by atoms with van der Waals surface area (Å²) in [6, 6.07) is 17.2. The van der Waals surface area contributed by atoms with E-state index in [0.29, 0.717) is 19.0 Å². The molecule has 0 atom stereocenters. The third-order valence-electron chi connectivity index (χ3n) is 3.48. The average molecular weight is 343 g/mol. The fourth-order valence-electron chi connectivity index (χ4n) is 2.26. The number of rotatable bonds is 8. The van der Waals surface area contributed by atoms with Crippen LogP contribution in [0.3, 0.4) is 0 Å². The Morgan fingerprint density at radius 1 is 1.04 bits per heavy atom. The second kappa shape index (κ2) is 8.52. The van der Waals surface area contributed by atoms with Crippen LogP contribution in [0.15, 0.2) is 65.2 Å². The summed E-state index contributed by atoms with van der Waals surface area (Å²) >= 11 is 5.90. The second-order valence-electron chi connectivity index (χ2n) is 5.32. The van der Waals surface area contributed by atoms with Crippen LogP contribution in [0.4, 0.5) is 0 Å². The number of benzene rings is 1. The van der Waals surface area contributed by atoms with Crippen LogP contribution >= 0.6 is 11.6 Å². The van der Waals surface area contributed by atoms with Crippen molar-refractivity contribution in [3.8, 4) is 17.2 Å². The van der Waals surface area contributed by atoms with Crippen LogP contribution in [0.2, 0.25) is 5.02 Å². The Morgan fingerprint density at radius 3 is 2.71 bits per heavy atom. The van der Waals surface area contributed by atoms with Gasteiger partial charge in [0.2, 0.25) is 5.88 Å². The molecule has 124 valence electrons. The van der Waals surface area contributed by atoms with Crippen LogP contribution in [0.1, 0.15) is 12.2 Å². The summed E-state index contributed by atoms with van der Waals surface area (Å²) in [6.45, 7) is 2.18. The number of nitrogens with one attached hydrogen (secondary N) is 1. The summed E-state index contributed by atoms with van der Waals surface area (Å²) < 4.78 is 11.4. The first-order valence-corrected chi connectivity index (χ1v) is 8.28. The average Bonchev–Trinajstić information content (AvgIpc) is 3.08. The first kappa shape index (κ1) is 16.6. The van der Waals surface area contributed by atoms with Crippen molar-refractivity contribution in [3.05, 3.63) is 71.6 Å². The molecule has 0 aliphatic carbocycles. The lowest BCUT2D eigenvalue weighted by atomic mass is 10.2. The molecule has 2 heterocycles. The minimum absolute atomic E-state index is 0.637. The predicted octanol–water partition coefficient (Wildman–Crippen LogP) is 4.55. The van der Waals surface area contributed by atoms with Crippen molar-refractivity contribution in [2.45, 2.75) is 13.0 Å². The van der Waals surface area contributed by atoms with Gasteiger partial charge < -0.3 is 14.5 Å². The largest absolute Gasteiger partial charge is 0.478 e. The maximum absolute atomic E-state index is 5.90. The lowest BCUT2D eigenvalue weighted by Crippen LogP contribution is -2.16. The molecule has 3 aromatic rings. The highest BCUT2D eigenvalue weighted by molar-refractivity contribution is 6.30. The van der Waals surface area contributed by atoms with Crippen molar-refractivity contribution in [1.29, 1.82) is 0 Å². The van der Waals surface area contributed by atoms with Crippen molar-refractivity contribution in [2.24, 2.45) is 0 Å². The number of hydrogen-bond acceptors (Lipinski definition) is 4. The molecule has 1 N–H and O–H groups in total. The summed E-state index contributed by atoms with van der Waals surface area (Å²) in [6.07, 6.45) is 2.63. The van der Waals surface area contributed by atoms with Gasteiger partial charge in [-0.15, -0.1) is 0 Å². The Labute approximate surface area is 146 Å². The molecule has 1 aromatic carbocycles. The van der Waals surface area contributed by atoms with E-state index in [-0.39, 0.29) is 0 Å². The van der Waals surface area contributed by atoms with E-state index in [0.717, 1.165) is 35.1 Å². The Balaban J connectivity index is 1.37. The first-order valence-electron chi connectivity index (χ1n) is 7.90. The van der Waals surface area contributed by atoms with Gasteiger partial charge in [0, 0.05) is 22.8 Å². The molecule has 0 saturated heterocycles. The third-order valence-corrected chi connectivity index (χ3v) is 3.73. The second-order valence-corrected chi connectivity index (χ2v) is 5.76. The minimum atomic E-state index is 0.637. The minimum Gasteiger partial charge on any atom is -0.478 e. The summed E-state index contributed by atoms with van der Waals surface area (Å²) in [5.41, 5.74) is 1.02. The van der Waals surface area contributed by atoms with E-state index in [2.05, 4.69) is 10.3 Å². The van der Waals surface area contributed by atoms with Gasteiger partial charge >= 0.3 is 0 Å². The fraction of sp³-hybridized carbons (Fsp3) is 0.211. The predicted molar refractivity (Wildman–Crippen MR) is 95.2 cm³/mol. The highest BCUT2D eigenvalue weighted by atomic mass is 35.5. The van der Waals surface area contributed by atoms with Gasteiger partial charge in [0.15, 0.2) is 0 Å². The summed E-state index contributed by atoms with van der Waals surface area (Å²) in [5.74, 6) is 2.42. The number of ether oxygens (including phenoxy) is 1. The highest BCUT2D eigenvalue weighted by Gasteiger charge is 2.04. The van der Waals surface area contributed by atoms with Crippen LogP contribution in [0, 0.1) is 0 Å². The molecule has 2 aromatic heterocycles. The SMILES string of the molecule is Clc1ccc(-c2ccc(CNCCCOc3ccccn3)o2)cc1. The molecule has 0 radical (unpaired) electrons. The van der Waals surface area contributed by atoms with E-state index in [1.807, 2.05) is 54.6 Å². The zero-order valence-corrected chi connectivity index (χ0v) is 14.0. The van der Waals surface area contributed by atoms with Gasteiger partial charge in [-0.3, -0.25) is 0 Å². The quantitative estimate of drug-likeness (QED) is 0.610. The lowest BCUT2D eigenvalue weighted by molar-refractivity contribution is 0.296. The molecule has 4 nitrogen and oxygen atoms in total. The number of halogens is 1. The Kier molecular flexibility index (Phi) is 5.88. The monoisotopic (exact) mass is 342 g/mol. The van der Waals surface area contributed by atoms with Crippen LogP contribution in [-0.4, -0.2) is 18.1 Å². The molecule has 3 rings (SSSR count). The van der Waals surface area contributed by atoms with Gasteiger partial charge in [-0.25, -0.2) is 4.98 Å². The molecule has 24 heavy (non-hydrogen) atoms. The maximum atomic E-state index is 5.90. The van der Waals surface area contributed by atoms with Crippen LogP contribution < -0.4 is 10.1 Å². The van der Waals surface area contributed by atoms with Crippen molar-refractivity contribution < 1.29 is 9.15 Å². The van der Waals surface area contributed by atoms with Crippen LogP contribution in [0.5, 0.6) is 5.88 Å². The zero-order valence-electron chi connectivity index (χ0n) is 13.2. The molecule has 0 saturated carbocycles. The van der Waals surface area contributed by atoms with E-state index in [4.69, 9.17) is 20.8 Å². The van der Waals surface area contributed by atoms with E-state index in [1.165, 1.54) is 0 Å². The molecule has 0 unspecified atom stereocenters. The van der Waals surface area contributed by atoms with Crippen molar-refractivity contribution >= 4 is 11.6 Å². The summed E-state index contributed by atoms with van der Waals surface area (Å²) in [5, 5.41) is 4.07. The lowest BCUT2D eigenvalue weighted by Gasteiger charge is -2.05. The number of pyridine rings is 1. The highest BCUT2D eigenvalue weighted by Crippen LogP contribution is 2.23. The van der Waals surface area contributed by atoms with E-state index < -0.39 is 0 Å². The molecular weight excluding hydrogens is 324 g/mol. The van der Waals surface area contributed by atoms with Gasteiger partial charge in [-0.1, -0.05) is 17.7 Å². The molecule has 0 spiro atoms. The molecular formula is C19H19ClN2O2. The maximum Gasteiger partial charge on any atom is 0.213 e. The van der Waals surface area contributed by atoms with E-state index in [9.17, 15) is 0 Å². The summed E-state index contributed by atoms with van der Waals surface area (Å²) in [7, 11) is 0. The van der Waals surface area contributed by atoms with Crippen molar-refractivity contribution in [2.75, 3.05) is 13.2 Å². The molecule has 0 bridgehead atoms. The fourth-order valence-corrected chi connectivity index (χ4v) is 2.39. The standard InChI is InChI=1S/C19H19ClN2O2/c20-16-7-5-15(6-8-16)18-10-9-17(24-18)14-21-11-3-13-23-19-4-1-2-12-22-19/h1-2,4-10,12,21H,3,11,13-14H2. The van der Waals surface area contributed by atoms with E-state index in [1.54, 1.807) is 6.20 Å². The Bertz CT molecular complexity index is 742. The first-order chi connectivity index (χ1) is 11.8. The zero-order chi connectivity index (χ0) is 16.6. The number of hydrogen-bond donors (Lipinski definition) is 1. The molecule has 0 amide bonds. The number of aromatic nitrogens is 1. The van der Waals surface area contributed by atoms with Gasteiger partial charge in [-0.05, 0) is 55.4 Å². The number of nitrogens with zero attached hydrogens (tertiary/aromatic N) is 1. The van der Waals surface area contributed by atoms with Gasteiger partial charge in [-0.2, -0.15) is 0 Å². The smallest absolute Gasteiger partial charge is 0.213 e. The topological polar surface area (TPSA) is 47.3 Å². The normalized spacial score (nSPS) is 10.7. The molecule has 0 fully saturated rings. The van der Waals surface area contributed by atoms with Gasteiger partial charge in [0.25, 0.3) is 0 Å². The van der Waals surface area contributed by atoms with Crippen LogP contribution in [0.25, 0.3) is 11.3 Å². The summed E-state index contributed by atoms with van der Waals surface area (Å²) in [4.78, 5) is 4.12. The van der Waals surface area contributed by atoms with E-state index >= 15 is 0 Å². The van der Waals surface area contributed by atoms with Crippen molar-refractivity contribution in [1.82, 2.24) is 10.3 Å². The molecule has 0 aliphatic rings. The third kappa shape index (κ3) is 4.85. The molecule has 5 heteroatoms. The van der Waals surface area contributed by atoms with Gasteiger partial charge in [0.05, 0.1) is 13.2 Å². The Hall–Kier alpha value is -2.30. The van der Waals surface area contributed by atoms with Crippen LogP contribution in [-0.2, 0) is 6.54 Å². The van der Waals surface area contributed by atoms with Crippen molar-refractivity contribution in [3.63, 3.8) is 0 Å². The number of furan rings is 1. The molecule has 0 aliphatic heterocycles.